The highest BCUT2D eigenvalue weighted by molar-refractivity contribution is 5.58. The highest BCUT2D eigenvalue weighted by Crippen LogP contribution is 2.21. The van der Waals surface area contributed by atoms with Crippen molar-refractivity contribution in [3.63, 3.8) is 0 Å². The summed E-state index contributed by atoms with van der Waals surface area (Å²) in [5, 5.41) is 3.45. The zero-order valence-electron chi connectivity index (χ0n) is 16.4. The van der Waals surface area contributed by atoms with Gasteiger partial charge in [-0.15, -0.1) is 0 Å². The van der Waals surface area contributed by atoms with Crippen LogP contribution in [0.25, 0.3) is 11.4 Å². The third kappa shape index (κ3) is 5.11. The van der Waals surface area contributed by atoms with Gasteiger partial charge in [0.25, 0.3) is 0 Å². The van der Waals surface area contributed by atoms with Crippen LogP contribution in [0, 0.1) is 13.8 Å². The lowest BCUT2D eigenvalue weighted by molar-refractivity contribution is 0.0657. The monoisotopic (exact) mass is 362 g/mol. The number of rotatable bonds is 7. The molecule has 0 saturated carbocycles. The second-order valence-corrected chi connectivity index (χ2v) is 6.88. The zero-order valence-corrected chi connectivity index (χ0v) is 16.4. The fraction of sp³-hybridized carbons (Fsp3) is 0.318. The largest absolute Gasteiger partial charge is 0.374 e. The van der Waals surface area contributed by atoms with Gasteiger partial charge in [-0.2, -0.15) is 0 Å². The van der Waals surface area contributed by atoms with Gasteiger partial charge >= 0.3 is 0 Å². The Kier molecular flexibility index (Phi) is 6.14. The second kappa shape index (κ2) is 8.73. The van der Waals surface area contributed by atoms with Crippen LogP contribution in [-0.2, 0) is 17.9 Å². The van der Waals surface area contributed by atoms with E-state index in [1.54, 1.807) is 12.4 Å². The van der Waals surface area contributed by atoms with E-state index >= 15 is 0 Å². The minimum absolute atomic E-state index is 0.240. The topological polar surface area (TPSA) is 59.9 Å². The summed E-state index contributed by atoms with van der Waals surface area (Å²) in [6.07, 6.45) is 3.77. The molecule has 0 bridgehead atoms. The van der Waals surface area contributed by atoms with Gasteiger partial charge in [0, 0.05) is 35.8 Å². The first kappa shape index (κ1) is 19.0. The minimum atomic E-state index is 0.240. The summed E-state index contributed by atoms with van der Waals surface area (Å²) in [4.78, 5) is 13.5. The predicted octanol–water partition coefficient (Wildman–Crippen LogP) is 4.69. The smallest absolute Gasteiger partial charge is 0.163 e. The van der Waals surface area contributed by atoms with Crippen molar-refractivity contribution in [1.82, 2.24) is 15.0 Å². The molecule has 27 heavy (non-hydrogen) atoms. The molecule has 1 N–H and O–H groups in total. The first-order chi connectivity index (χ1) is 13.0. The Bertz CT molecular complexity index is 877. The van der Waals surface area contributed by atoms with Crippen LogP contribution in [0.3, 0.4) is 0 Å². The Morgan fingerprint density at radius 1 is 1.00 bits per heavy atom. The van der Waals surface area contributed by atoms with Gasteiger partial charge in [0.15, 0.2) is 5.82 Å². The molecule has 3 rings (SSSR count). The van der Waals surface area contributed by atoms with Crippen LogP contribution in [0.15, 0.2) is 48.8 Å². The van der Waals surface area contributed by atoms with Gasteiger partial charge in [-0.3, -0.25) is 4.98 Å². The molecule has 0 amide bonds. The maximum Gasteiger partial charge on any atom is 0.163 e. The van der Waals surface area contributed by atoms with Crippen molar-refractivity contribution in [3.05, 3.63) is 71.2 Å². The fourth-order valence-corrected chi connectivity index (χ4v) is 2.63. The molecule has 0 aliphatic carbocycles. The number of ether oxygens (including phenoxy) is 1. The van der Waals surface area contributed by atoms with Crippen LogP contribution in [0.5, 0.6) is 0 Å². The molecule has 0 unspecified atom stereocenters. The summed E-state index contributed by atoms with van der Waals surface area (Å²) in [5.74, 6) is 1.54. The van der Waals surface area contributed by atoms with Gasteiger partial charge in [0.1, 0.15) is 5.82 Å². The molecule has 0 fully saturated rings. The summed E-state index contributed by atoms with van der Waals surface area (Å²) in [7, 11) is 0. The number of pyridine rings is 1. The van der Waals surface area contributed by atoms with Crippen molar-refractivity contribution < 1.29 is 4.74 Å². The normalized spacial score (nSPS) is 11.0. The lowest BCUT2D eigenvalue weighted by Crippen LogP contribution is -2.07. The number of hydrogen-bond acceptors (Lipinski definition) is 5. The van der Waals surface area contributed by atoms with Crippen LogP contribution < -0.4 is 5.32 Å². The lowest BCUT2D eigenvalue weighted by atomic mass is 10.1. The Labute approximate surface area is 160 Å². The number of anilines is 1. The SMILES string of the molecule is Cc1nc(-c2cccnc2)nc(NCc2ccc(COC(C)C)cc2)c1C. The van der Waals surface area contributed by atoms with E-state index in [4.69, 9.17) is 9.72 Å². The molecule has 0 aliphatic heterocycles. The van der Waals surface area contributed by atoms with Crippen LogP contribution in [0.2, 0.25) is 0 Å². The summed E-state index contributed by atoms with van der Waals surface area (Å²) >= 11 is 0. The molecular formula is C22H26N4O. The van der Waals surface area contributed by atoms with E-state index < -0.39 is 0 Å². The molecule has 2 aromatic heterocycles. The molecule has 5 heteroatoms. The van der Waals surface area contributed by atoms with E-state index in [-0.39, 0.29) is 6.10 Å². The average molecular weight is 362 g/mol. The summed E-state index contributed by atoms with van der Waals surface area (Å²) in [6, 6.07) is 12.3. The number of nitrogens with one attached hydrogen (secondary N) is 1. The molecule has 140 valence electrons. The van der Waals surface area contributed by atoms with Crippen LogP contribution in [0.4, 0.5) is 5.82 Å². The molecule has 0 spiro atoms. The second-order valence-electron chi connectivity index (χ2n) is 6.88. The molecule has 1 aromatic carbocycles. The number of aryl methyl sites for hydroxylation is 1. The molecule has 0 radical (unpaired) electrons. The van der Waals surface area contributed by atoms with Crippen molar-refractivity contribution in [2.24, 2.45) is 0 Å². The van der Waals surface area contributed by atoms with E-state index in [0.29, 0.717) is 19.0 Å². The van der Waals surface area contributed by atoms with Crippen molar-refractivity contribution in [2.45, 2.75) is 47.0 Å². The van der Waals surface area contributed by atoms with Gasteiger partial charge in [-0.05, 0) is 51.0 Å². The predicted molar refractivity (Wildman–Crippen MR) is 108 cm³/mol. The van der Waals surface area contributed by atoms with E-state index in [1.807, 2.05) is 39.8 Å². The van der Waals surface area contributed by atoms with E-state index in [9.17, 15) is 0 Å². The molecule has 3 aromatic rings. The van der Waals surface area contributed by atoms with E-state index in [2.05, 4.69) is 39.6 Å². The van der Waals surface area contributed by atoms with Gasteiger partial charge in [0.05, 0.1) is 12.7 Å². The molecule has 5 nitrogen and oxygen atoms in total. The Balaban J connectivity index is 1.71. The van der Waals surface area contributed by atoms with E-state index in [0.717, 1.165) is 22.6 Å². The third-order valence-electron chi connectivity index (χ3n) is 4.38. The number of hydrogen-bond donors (Lipinski definition) is 1. The third-order valence-corrected chi connectivity index (χ3v) is 4.38. The number of aromatic nitrogens is 3. The maximum absolute atomic E-state index is 5.64. The Hall–Kier alpha value is -2.79. The summed E-state index contributed by atoms with van der Waals surface area (Å²) in [5.41, 5.74) is 5.32. The number of nitrogens with zero attached hydrogens (tertiary/aromatic N) is 3. The lowest BCUT2D eigenvalue weighted by Gasteiger charge is -2.13. The van der Waals surface area contributed by atoms with Gasteiger partial charge in [-0.25, -0.2) is 9.97 Å². The van der Waals surface area contributed by atoms with E-state index in [1.165, 1.54) is 11.1 Å². The molecule has 2 heterocycles. The quantitative estimate of drug-likeness (QED) is 0.660. The maximum atomic E-state index is 5.64. The Morgan fingerprint density at radius 2 is 1.74 bits per heavy atom. The molecule has 0 aliphatic rings. The average Bonchev–Trinajstić information content (AvgIpc) is 2.69. The first-order valence-electron chi connectivity index (χ1n) is 9.22. The standard InChI is InChI=1S/C22H26N4O/c1-15(2)27-14-19-9-7-18(8-10-19)12-24-21-16(3)17(4)25-22(26-21)20-6-5-11-23-13-20/h5-11,13,15H,12,14H2,1-4H3,(H,24,25,26). The minimum Gasteiger partial charge on any atom is -0.374 e. The van der Waals surface area contributed by atoms with Crippen LogP contribution in [-0.4, -0.2) is 21.1 Å². The highest BCUT2D eigenvalue weighted by atomic mass is 16.5. The fourth-order valence-electron chi connectivity index (χ4n) is 2.63. The van der Waals surface area contributed by atoms with Crippen molar-refractivity contribution in [3.8, 4) is 11.4 Å². The van der Waals surface area contributed by atoms with Gasteiger partial charge in [0.2, 0.25) is 0 Å². The molecular weight excluding hydrogens is 336 g/mol. The van der Waals surface area contributed by atoms with Gasteiger partial charge in [-0.1, -0.05) is 24.3 Å². The molecule has 0 saturated heterocycles. The number of benzene rings is 1. The summed E-state index contributed by atoms with van der Waals surface area (Å²) < 4.78 is 5.64. The van der Waals surface area contributed by atoms with Crippen molar-refractivity contribution in [1.29, 1.82) is 0 Å². The zero-order chi connectivity index (χ0) is 19.2. The first-order valence-corrected chi connectivity index (χ1v) is 9.22. The summed E-state index contributed by atoms with van der Waals surface area (Å²) in [6.45, 7) is 9.48. The van der Waals surface area contributed by atoms with Crippen LogP contribution in [0.1, 0.15) is 36.2 Å². The van der Waals surface area contributed by atoms with Crippen molar-refractivity contribution in [2.75, 3.05) is 5.32 Å². The van der Waals surface area contributed by atoms with Crippen LogP contribution >= 0.6 is 0 Å². The highest BCUT2D eigenvalue weighted by Gasteiger charge is 2.10. The van der Waals surface area contributed by atoms with Gasteiger partial charge < -0.3 is 10.1 Å². The Morgan fingerprint density at radius 3 is 2.41 bits per heavy atom. The van der Waals surface area contributed by atoms with Crippen molar-refractivity contribution >= 4 is 5.82 Å². The molecule has 0 atom stereocenters.